The fraction of sp³-hybridized carbons (Fsp3) is 0.632. The predicted octanol–water partition coefficient (Wildman–Crippen LogP) is 2.60. The molecule has 1 amide bonds. The number of carbonyl (C=O) groups excluding carboxylic acids is 1. The third kappa shape index (κ3) is 1.69. The van der Waals surface area contributed by atoms with Crippen LogP contribution in [0.3, 0.4) is 0 Å². The fourth-order valence-corrected chi connectivity index (χ4v) is 5.65. The summed E-state index contributed by atoms with van der Waals surface area (Å²) in [7, 11) is 0. The van der Waals surface area contributed by atoms with Gasteiger partial charge in [-0.2, -0.15) is 0 Å². The number of hydrogen-bond acceptors (Lipinski definition) is 2. The fourth-order valence-electron chi connectivity index (χ4n) is 5.65. The van der Waals surface area contributed by atoms with Crippen molar-refractivity contribution in [1.82, 2.24) is 4.90 Å². The normalized spacial score (nSPS) is 36.8. The van der Waals surface area contributed by atoms with E-state index in [1.807, 2.05) is 0 Å². The van der Waals surface area contributed by atoms with Crippen LogP contribution in [-0.2, 0) is 16.8 Å². The van der Waals surface area contributed by atoms with Crippen molar-refractivity contribution in [3.63, 3.8) is 0 Å². The van der Waals surface area contributed by atoms with Crippen molar-refractivity contribution in [2.45, 2.75) is 45.1 Å². The van der Waals surface area contributed by atoms with Crippen LogP contribution in [0.5, 0.6) is 0 Å². The van der Waals surface area contributed by atoms with Crippen LogP contribution >= 0.6 is 0 Å². The van der Waals surface area contributed by atoms with Crippen molar-refractivity contribution in [2.75, 3.05) is 13.1 Å². The Morgan fingerprint density at radius 1 is 1.41 bits per heavy atom. The van der Waals surface area contributed by atoms with E-state index < -0.39 is 0 Å². The van der Waals surface area contributed by atoms with Crippen molar-refractivity contribution < 1.29 is 4.79 Å². The van der Waals surface area contributed by atoms with Crippen LogP contribution in [0.25, 0.3) is 0 Å². The molecule has 2 heterocycles. The Morgan fingerprint density at radius 3 is 3.00 bits per heavy atom. The molecule has 1 spiro atoms. The Labute approximate surface area is 132 Å². The zero-order chi connectivity index (χ0) is 15.5. The van der Waals surface area contributed by atoms with Crippen LogP contribution < -0.4 is 5.73 Å². The number of nitrogens with zero attached hydrogens (tertiary/aromatic N) is 1. The van der Waals surface area contributed by atoms with Gasteiger partial charge >= 0.3 is 0 Å². The molecule has 1 saturated carbocycles. The number of aryl methyl sites for hydroxylation is 2. The smallest absolute Gasteiger partial charge is 0.223 e. The first-order valence-electron chi connectivity index (χ1n) is 8.68. The second-order valence-electron chi connectivity index (χ2n) is 7.63. The summed E-state index contributed by atoms with van der Waals surface area (Å²) in [4.78, 5) is 14.9. The van der Waals surface area contributed by atoms with Crippen LogP contribution in [-0.4, -0.2) is 23.9 Å². The number of benzene rings is 1. The van der Waals surface area contributed by atoms with Gasteiger partial charge in [-0.25, -0.2) is 0 Å². The molecule has 2 N–H and O–H groups in total. The molecule has 22 heavy (non-hydrogen) atoms. The lowest BCUT2D eigenvalue weighted by atomic mass is 9.76. The molecule has 1 aromatic carbocycles. The lowest BCUT2D eigenvalue weighted by molar-refractivity contribution is -0.131. The Bertz CT molecular complexity index is 626. The average Bonchev–Trinajstić information content (AvgIpc) is 2.82. The summed E-state index contributed by atoms with van der Waals surface area (Å²) in [6.07, 6.45) is 3.95. The second-order valence-corrected chi connectivity index (χ2v) is 7.63. The molecule has 3 heteroatoms. The van der Waals surface area contributed by atoms with Gasteiger partial charge in [0.05, 0.1) is 5.54 Å². The number of fused-ring (bicyclic) bond motifs is 1. The third-order valence-electron chi connectivity index (χ3n) is 6.50. The number of amides is 1. The van der Waals surface area contributed by atoms with Crippen molar-refractivity contribution in [2.24, 2.45) is 23.5 Å². The van der Waals surface area contributed by atoms with E-state index in [0.717, 1.165) is 25.8 Å². The molecule has 0 aromatic heterocycles. The molecule has 3 nitrogen and oxygen atoms in total. The Balaban J connectivity index is 1.93. The molecule has 118 valence electrons. The second kappa shape index (κ2) is 4.82. The van der Waals surface area contributed by atoms with Gasteiger partial charge in [-0.1, -0.05) is 30.7 Å². The molecule has 1 unspecified atom stereocenters. The summed E-state index contributed by atoms with van der Waals surface area (Å²) >= 11 is 0. The zero-order valence-electron chi connectivity index (χ0n) is 13.6. The Morgan fingerprint density at radius 2 is 2.23 bits per heavy atom. The van der Waals surface area contributed by atoms with Gasteiger partial charge in [0.1, 0.15) is 0 Å². The highest BCUT2D eigenvalue weighted by atomic mass is 16.2. The van der Waals surface area contributed by atoms with E-state index >= 15 is 0 Å². The van der Waals surface area contributed by atoms with Crippen molar-refractivity contribution in [3.8, 4) is 0 Å². The van der Waals surface area contributed by atoms with Gasteiger partial charge in [0.15, 0.2) is 0 Å². The summed E-state index contributed by atoms with van der Waals surface area (Å²) in [6, 6.07) is 6.87. The van der Waals surface area contributed by atoms with E-state index in [9.17, 15) is 4.79 Å². The quantitative estimate of drug-likeness (QED) is 0.866. The monoisotopic (exact) mass is 298 g/mol. The lowest BCUT2D eigenvalue weighted by Crippen LogP contribution is -2.45. The maximum Gasteiger partial charge on any atom is 0.223 e. The zero-order valence-corrected chi connectivity index (χ0v) is 13.6. The lowest BCUT2D eigenvalue weighted by Gasteiger charge is -2.39. The molecule has 0 radical (unpaired) electrons. The van der Waals surface area contributed by atoms with Crippen molar-refractivity contribution in [1.29, 1.82) is 0 Å². The van der Waals surface area contributed by atoms with E-state index in [1.54, 1.807) is 0 Å². The van der Waals surface area contributed by atoms with Gasteiger partial charge in [-0.15, -0.1) is 0 Å². The van der Waals surface area contributed by atoms with Crippen molar-refractivity contribution >= 4 is 5.91 Å². The number of carbonyl (C=O) groups is 1. The first-order valence-corrected chi connectivity index (χ1v) is 8.68. The minimum absolute atomic E-state index is 0.0694. The van der Waals surface area contributed by atoms with Gasteiger partial charge < -0.3 is 10.6 Å². The van der Waals surface area contributed by atoms with Crippen LogP contribution in [0, 0.1) is 24.7 Å². The van der Waals surface area contributed by atoms with Crippen molar-refractivity contribution in [3.05, 3.63) is 34.9 Å². The molecule has 1 saturated heterocycles. The maximum atomic E-state index is 12.7. The Kier molecular flexibility index (Phi) is 3.12. The first-order chi connectivity index (χ1) is 10.6. The molecular formula is C19H26N2O. The number of hydrogen-bond donors (Lipinski definition) is 1. The van der Waals surface area contributed by atoms with Crippen LogP contribution in [0.1, 0.15) is 42.9 Å². The highest BCUT2D eigenvalue weighted by Gasteiger charge is 2.62. The SMILES string of the molecule is Cc1ccc2c(c1)CCCN1C(=O)C[C@H]3[C@H](CN)[C@@H](C)CC231. The van der Waals surface area contributed by atoms with Gasteiger partial charge in [-0.3, -0.25) is 4.79 Å². The molecule has 1 aliphatic carbocycles. The first kappa shape index (κ1) is 14.3. The van der Waals surface area contributed by atoms with Gasteiger partial charge in [0, 0.05) is 13.0 Å². The molecule has 2 aliphatic heterocycles. The largest absolute Gasteiger partial charge is 0.333 e. The summed E-state index contributed by atoms with van der Waals surface area (Å²) in [6.45, 7) is 6.10. The molecular weight excluding hydrogens is 272 g/mol. The summed E-state index contributed by atoms with van der Waals surface area (Å²) < 4.78 is 0. The van der Waals surface area contributed by atoms with Crippen LogP contribution in [0.4, 0.5) is 0 Å². The molecule has 4 atom stereocenters. The van der Waals surface area contributed by atoms with E-state index in [-0.39, 0.29) is 5.54 Å². The highest BCUT2D eigenvalue weighted by Crippen LogP contribution is 2.60. The minimum atomic E-state index is -0.0694. The van der Waals surface area contributed by atoms with E-state index in [2.05, 4.69) is 36.9 Å². The molecule has 2 fully saturated rings. The number of rotatable bonds is 1. The van der Waals surface area contributed by atoms with Gasteiger partial charge in [-0.05, 0) is 61.6 Å². The number of nitrogens with two attached hydrogens (primary N) is 1. The summed E-state index contributed by atoms with van der Waals surface area (Å²) in [5, 5.41) is 0. The molecule has 1 aromatic rings. The van der Waals surface area contributed by atoms with E-state index in [0.29, 0.717) is 36.6 Å². The van der Waals surface area contributed by atoms with Gasteiger partial charge in [0.2, 0.25) is 5.91 Å². The highest BCUT2D eigenvalue weighted by molar-refractivity contribution is 5.81. The topological polar surface area (TPSA) is 46.3 Å². The van der Waals surface area contributed by atoms with E-state index in [4.69, 9.17) is 5.73 Å². The molecule has 3 aliphatic rings. The maximum absolute atomic E-state index is 12.7. The third-order valence-corrected chi connectivity index (χ3v) is 6.50. The summed E-state index contributed by atoms with van der Waals surface area (Å²) in [5.74, 6) is 1.82. The van der Waals surface area contributed by atoms with Gasteiger partial charge in [0.25, 0.3) is 0 Å². The predicted molar refractivity (Wildman–Crippen MR) is 87.3 cm³/mol. The average molecular weight is 298 g/mol. The molecule has 4 rings (SSSR count). The van der Waals surface area contributed by atoms with Crippen LogP contribution in [0.2, 0.25) is 0 Å². The standard InChI is InChI=1S/C19H26N2O/c1-12-5-6-16-14(8-12)4-3-7-21-18(22)9-17-15(11-20)13(2)10-19(16,17)21/h5-6,8,13,15,17H,3-4,7,9-11,20H2,1-2H3/t13-,15+,17-,19?/m0/s1. The van der Waals surface area contributed by atoms with Crippen LogP contribution in [0.15, 0.2) is 18.2 Å². The van der Waals surface area contributed by atoms with E-state index in [1.165, 1.54) is 16.7 Å². The summed E-state index contributed by atoms with van der Waals surface area (Å²) in [5.41, 5.74) is 10.2. The molecule has 0 bridgehead atoms. The Hall–Kier alpha value is -1.35. The minimum Gasteiger partial charge on any atom is -0.333 e.